The van der Waals surface area contributed by atoms with Gasteiger partial charge in [0.15, 0.2) is 0 Å². The van der Waals surface area contributed by atoms with E-state index in [1.165, 1.54) is 12.8 Å². The van der Waals surface area contributed by atoms with Crippen molar-refractivity contribution < 1.29 is 9.59 Å². The Bertz CT molecular complexity index is 532. The molecule has 3 atom stereocenters. The second kappa shape index (κ2) is 6.92. The molecule has 0 spiro atoms. The van der Waals surface area contributed by atoms with Crippen molar-refractivity contribution in [3.8, 4) is 0 Å². The van der Waals surface area contributed by atoms with E-state index in [2.05, 4.69) is 16.0 Å². The molecule has 1 heterocycles. The first-order valence-electron chi connectivity index (χ1n) is 8.09. The molecule has 1 saturated heterocycles. The van der Waals surface area contributed by atoms with E-state index in [9.17, 15) is 9.59 Å². The third kappa shape index (κ3) is 3.65. The summed E-state index contributed by atoms with van der Waals surface area (Å²) in [6.07, 6.45) is 4.67. The van der Waals surface area contributed by atoms with Crippen molar-refractivity contribution in [1.82, 2.24) is 16.0 Å². The summed E-state index contributed by atoms with van der Waals surface area (Å²) in [6.45, 7) is 0.500. The molecule has 1 aliphatic heterocycles. The number of carbonyl (C=O) groups excluding carboxylic acids is 2. The van der Waals surface area contributed by atoms with E-state index in [0.717, 1.165) is 18.4 Å². The first kappa shape index (κ1) is 15.0. The quantitative estimate of drug-likeness (QED) is 0.780. The fourth-order valence-corrected chi connectivity index (χ4v) is 3.33. The molecule has 5 nitrogen and oxygen atoms in total. The van der Waals surface area contributed by atoms with Crippen molar-refractivity contribution in [3.05, 3.63) is 35.9 Å². The highest BCUT2D eigenvalue weighted by molar-refractivity contribution is 5.89. The number of carbonyl (C=O) groups is 2. The molecule has 3 rings (SSSR count). The molecule has 5 heteroatoms. The molecule has 1 aromatic rings. The van der Waals surface area contributed by atoms with Crippen LogP contribution in [0.2, 0.25) is 0 Å². The third-order valence-electron chi connectivity index (χ3n) is 4.55. The SMILES string of the molecule is O=C(C[C@H]1N[C@H]2CCCC[C@H]2NC1=O)NCc1ccccc1. The molecule has 3 N–H and O–H groups in total. The lowest BCUT2D eigenvalue weighted by Crippen LogP contribution is -2.65. The number of benzene rings is 1. The van der Waals surface area contributed by atoms with Crippen LogP contribution in [-0.4, -0.2) is 29.9 Å². The van der Waals surface area contributed by atoms with Gasteiger partial charge in [0.1, 0.15) is 0 Å². The predicted molar refractivity (Wildman–Crippen MR) is 84.0 cm³/mol. The topological polar surface area (TPSA) is 70.2 Å². The van der Waals surface area contributed by atoms with E-state index >= 15 is 0 Å². The summed E-state index contributed by atoms with van der Waals surface area (Å²) in [7, 11) is 0. The maximum Gasteiger partial charge on any atom is 0.237 e. The van der Waals surface area contributed by atoms with Gasteiger partial charge in [-0.25, -0.2) is 0 Å². The van der Waals surface area contributed by atoms with Crippen LogP contribution in [-0.2, 0) is 16.1 Å². The summed E-state index contributed by atoms with van der Waals surface area (Å²) in [5, 5.41) is 9.31. The van der Waals surface area contributed by atoms with E-state index in [4.69, 9.17) is 0 Å². The van der Waals surface area contributed by atoms with Crippen LogP contribution in [0.4, 0.5) is 0 Å². The average Bonchev–Trinajstić information content (AvgIpc) is 2.55. The van der Waals surface area contributed by atoms with Crippen molar-refractivity contribution in [3.63, 3.8) is 0 Å². The lowest BCUT2D eigenvalue weighted by atomic mass is 9.87. The number of hydrogen-bond acceptors (Lipinski definition) is 3. The minimum absolute atomic E-state index is 0.0435. The molecule has 22 heavy (non-hydrogen) atoms. The Morgan fingerprint density at radius 2 is 1.86 bits per heavy atom. The molecule has 1 aromatic carbocycles. The standard InChI is InChI=1S/C17H23N3O2/c21-16(18-11-12-6-2-1-3-7-12)10-15-17(22)20-14-9-5-4-8-13(14)19-15/h1-3,6-7,13-15,19H,4-5,8-11H2,(H,18,21)(H,20,22)/t13-,14+,15+/m0/s1. The van der Waals surface area contributed by atoms with Crippen LogP contribution in [0.5, 0.6) is 0 Å². The van der Waals surface area contributed by atoms with Crippen molar-refractivity contribution >= 4 is 11.8 Å². The van der Waals surface area contributed by atoms with Crippen LogP contribution in [0, 0.1) is 0 Å². The predicted octanol–water partition coefficient (Wildman–Crippen LogP) is 1.09. The molecule has 2 fully saturated rings. The van der Waals surface area contributed by atoms with Gasteiger partial charge in [-0.15, -0.1) is 0 Å². The zero-order valence-electron chi connectivity index (χ0n) is 12.7. The molecule has 0 aromatic heterocycles. The van der Waals surface area contributed by atoms with Crippen LogP contribution in [0.15, 0.2) is 30.3 Å². The van der Waals surface area contributed by atoms with Gasteiger partial charge in [-0.05, 0) is 18.4 Å². The minimum atomic E-state index is -0.407. The summed E-state index contributed by atoms with van der Waals surface area (Å²) in [4.78, 5) is 24.2. The van der Waals surface area contributed by atoms with Crippen molar-refractivity contribution in [2.75, 3.05) is 0 Å². The van der Waals surface area contributed by atoms with Crippen molar-refractivity contribution in [1.29, 1.82) is 0 Å². The Balaban J connectivity index is 1.49. The fraction of sp³-hybridized carbons (Fsp3) is 0.529. The molecule has 118 valence electrons. The Kier molecular flexibility index (Phi) is 4.73. The number of rotatable bonds is 4. The maximum atomic E-state index is 12.1. The van der Waals surface area contributed by atoms with Gasteiger partial charge in [-0.3, -0.25) is 9.59 Å². The van der Waals surface area contributed by atoms with Crippen LogP contribution < -0.4 is 16.0 Å². The summed E-state index contributed by atoms with van der Waals surface area (Å²) in [5.41, 5.74) is 1.06. The molecule has 1 saturated carbocycles. The van der Waals surface area contributed by atoms with Crippen molar-refractivity contribution in [2.24, 2.45) is 0 Å². The summed E-state index contributed by atoms with van der Waals surface area (Å²) in [6, 6.07) is 9.93. The van der Waals surface area contributed by atoms with Crippen LogP contribution >= 0.6 is 0 Å². The molecule has 0 radical (unpaired) electrons. The monoisotopic (exact) mass is 301 g/mol. The smallest absolute Gasteiger partial charge is 0.237 e. The Morgan fingerprint density at radius 1 is 1.14 bits per heavy atom. The molecule has 0 bridgehead atoms. The van der Waals surface area contributed by atoms with Gasteiger partial charge in [0.05, 0.1) is 12.5 Å². The van der Waals surface area contributed by atoms with E-state index < -0.39 is 6.04 Å². The van der Waals surface area contributed by atoms with E-state index in [1.807, 2.05) is 30.3 Å². The molecular weight excluding hydrogens is 278 g/mol. The van der Waals surface area contributed by atoms with Gasteiger partial charge in [-0.2, -0.15) is 0 Å². The Labute approximate surface area is 130 Å². The molecule has 2 amide bonds. The Hall–Kier alpha value is -1.88. The number of piperazine rings is 1. The highest BCUT2D eigenvalue weighted by atomic mass is 16.2. The highest BCUT2D eigenvalue weighted by Crippen LogP contribution is 2.22. The van der Waals surface area contributed by atoms with E-state index in [1.54, 1.807) is 0 Å². The van der Waals surface area contributed by atoms with Gasteiger partial charge < -0.3 is 16.0 Å². The molecule has 2 aliphatic rings. The zero-order chi connectivity index (χ0) is 15.4. The normalized spacial score (nSPS) is 27.6. The first-order valence-corrected chi connectivity index (χ1v) is 8.09. The zero-order valence-corrected chi connectivity index (χ0v) is 12.7. The fourth-order valence-electron chi connectivity index (χ4n) is 3.33. The van der Waals surface area contributed by atoms with Crippen LogP contribution in [0.25, 0.3) is 0 Å². The minimum Gasteiger partial charge on any atom is -0.352 e. The number of fused-ring (bicyclic) bond motifs is 1. The average molecular weight is 301 g/mol. The molecule has 0 unspecified atom stereocenters. The lowest BCUT2D eigenvalue weighted by molar-refractivity contribution is -0.131. The van der Waals surface area contributed by atoms with Gasteiger partial charge in [0, 0.05) is 18.6 Å². The van der Waals surface area contributed by atoms with E-state index in [0.29, 0.717) is 12.6 Å². The van der Waals surface area contributed by atoms with Crippen molar-refractivity contribution in [2.45, 2.75) is 56.8 Å². The largest absolute Gasteiger partial charge is 0.352 e. The lowest BCUT2D eigenvalue weighted by Gasteiger charge is -2.40. The molecular formula is C17H23N3O2. The Morgan fingerprint density at radius 3 is 2.64 bits per heavy atom. The summed E-state index contributed by atoms with van der Waals surface area (Å²) < 4.78 is 0. The number of amides is 2. The van der Waals surface area contributed by atoms with Crippen LogP contribution in [0.3, 0.4) is 0 Å². The van der Waals surface area contributed by atoms with Gasteiger partial charge >= 0.3 is 0 Å². The van der Waals surface area contributed by atoms with Gasteiger partial charge in [0.25, 0.3) is 0 Å². The van der Waals surface area contributed by atoms with Gasteiger partial charge in [-0.1, -0.05) is 43.2 Å². The third-order valence-corrected chi connectivity index (χ3v) is 4.55. The highest BCUT2D eigenvalue weighted by Gasteiger charge is 2.36. The number of nitrogens with one attached hydrogen (secondary N) is 3. The molecule has 1 aliphatic carbocycles. The first-order chi connectivity index (χ1) is 10.7. The van der Waals surface area contributed by atoms with E-state index in [-0.39, 0.29) is 24.3 Å². The second-order valence-electron chi connectivity index (χ2n) is 6.19. The second-order valence-corrected chi connectivity index (χ2v) is 6.19. The maximum absolute atomic E-state index is 12.1. The summed E-state index contributed by atoms with van der Waals surface area (Å²) >= 11 is 0. The van der Waals surface area contributed by atoms with Gasteiger partial charge in [0.2, 0.25) is 11.8 Å². The number of hydrogen-bond donors (Lipinski definition) is 3. The summed E-state index contributed by atoms with van der Waals surface area (Å²) in [5.74, 6) is -0.135. The van der Waals surface area contributed by atoms with Crippen LogP contribution in [0.1, 0.15) is 37.7 Å².